The second-order valence-electron chi connectivity index (χ2n) is 4.73. The third kappa shape index (κ3) is 3.32. The van der Waals surface area contributed by atoms with Gasteiger partial charge in [-0.3, -0.25) is 4.90 Å². The minimum absolute atomic E-state index is 0.0266. The van der Waals surface area contributed by atoms with Gasteiger partial charge in [-0.05, 0) is 31.2 Å². The van der Waals surface area contributed by atoms with Crippen molar-refractivity contribution in [3.63, 3.8) is 0 Å². The van der Waals surface area contributed by atoms with E-state index in [-0.39, 0.29) is 5.56 Å². The zero-order valence-corrected chi connectivity index (χ0v) is 11.4. The van der Waals surface area contributed by atoms with Gasteiger partial charge in [0, 0.05) is 25.2 Å². The zero-order chi connectivity index (χ0) is 14.5. The van der Waals surface area contributed by atoms with Gasteiger partial charge in [0.05, 0.1) is 7.11 Å². The van der Waals surface area contributed by atoms with Crippen molar-refractivity contribution in [3.05, 3.63) is 35.4 Å². The van der Waals surface area contributed by atoms with Crippen LogP contribution in [0, 0.1) is 11.6 Å². The topological polar surface area (TPSA) is 41.6 Å². The molecule has 1 aromatic carbocycles. The Hall–Kier alpha value is -1.53. The summed E-state index contributed by atoms with van der Waals surface area (Å²) in [5.74, 6) is -1.74. The molecule has 1 aromatic rings. The summed E-state index contributed by atoms with van der Waals surface area (Å²) in [6.45, 7) is 2.75. The van der Waals surface area contributed by atoms with Gasteiger partial charge in [-0.1, -0.05) is 0 Å². The highest BCUT2D eigenvalue weighted by Crippen LogP contribution is 2.26. The highest BCUT2D eigenvalue weighted by molar-refractivity contribution is 5.77. The lowest BCUT2D eigenvalue weighted by Crippen LogP contribution is -2.37. The van der Waals surface area contributed by atoms with Crippen molar-refractivity contribution < 1.29 is 18.3 Å². The van der Waals surface area contributed by atoms with Crippen LogP contribution in [0.4, 0.5) is 8.78 Å². The van der Waals surface area contributed by atoms with Crippen LogP contribution in [0.1, 0.15) is 18.0 Å². The molecule has 2 rings (SSSR count). The number of hydrogen-bond acceptors (Lipinski definition) is 4. The van der Waals surface area contributed by atoms with Crippen LogP contribution in [-0.2, 0) is 9.53 Å². The Morgan fingerprint density at radius 3 is 2.90 bits per heavy atom. The molecule has 0 spiro atoms. The average Bonchev–Trinajstić information content (AvgIpc) is 2.72. The van der Waals surface area contributed by atoms with E-state index in [2.05, 4.69) is 5.32 Å². The van der Waals surface area contributed by atoms with Crippen molar-refractivity contribution in [2.24, 2.45) is 0 Å². The summed E-state index contributed by atoms with van der Waals surface area (Å²) >= 11 is 0. The van der Waals surface area contributed by atoms with E-state index in [0.717, 1.165) is 31.2 Å². The van der Waals surface area contributed by atoms with Crippen molar-refractivity contribution in [1.29, 1.82) is 0 Å². The molecule has 4 nitrogen and oxygen atoms in total. The van der Waals surface area contributed by atoms with E-state index >= 15 is 0 Å². The molecule has 1 heterocycles. The number of nitrogens with one attached hydrogen (secondary N) is 1. The number of esters is 1. The van der Waals surface area contributed by atoms with Crippen LogP contribution in [-0.4, -0.2) is 44.2 Å². The fraction of sp³-hybridized carbons (Fsp3) is 0.500. The zero-order valence-electron chi connectivity index (χ0n) is 11.4. The second kappa shape index (κ2) is 6.76. The Bertz CT molecular complexity index is 474. The van der Waals surface area contributed by atoms with Crippen LogP contribution in [0.25, 0.3) is 0 Å². The van der Waals surface area contributed by atoms with Gasteiger partial charge in [0.2, 0.25) is 0 Å². The smallest absolute Gasteiger partial charge is 0.327 e. The van der Waals surface area contributed by atoms with Gasteiger partial charge in [0.15, 0.2) is 0 Å². The molecule has 20 heavy (non-hydrogen) atoms. The van der Waals surface area contributed by atoms with E-state index in [4.69, 9.17) is 4.74 Å². The van der Waals surface area contributed by atoms with Crippen molar-refractivity contribution in [3.8, 4) is 0 Å². The first-order valence-corrected chi connectivity index (χ1v) is 6.61. The van der Waals surface area contributed by atoms with Gasteiger partial charge < -0.3 is 10.1 Å². The fourth-order valence-corrected chi connectivity index (χ4v) is 2.43. The van der Waals surface area contributed by atoms with E-state index in [9.17, 15) is 13.6 Å². The third-order valence-electron chi connectivity index (χ3n) is 3.42. The molecule has 1 aliphatic rings. The van der Waals surface area contributed by atoms with Gasteiger partial charge in [-0.25, -0.2) is 13.6 Å². The highest BCUT2D eigenvalue weighted by atomic mass is 19.1. The molecule has 0 aliphatic carbocycles. The van der Waals surface area contributed by atoms with E-state index in [1.807, 2.05) is 4.90 Å². The van der Waals surface area contributed by atoms with Crippen LogP contribution in [0.2, 0.25) is 0 Å². The molecule has 0 bridgehead atoms. The Morgan fingerprint density at radius 2 is 2.15 bits per heavy atom. The lowest BCUT2D eigenvalue weighted by atomic mass is 10.0. The number of rotatable bonds is 3. The highest BCUT2D eigenvalue weighted by Gasteiger charge is 2.31. The van der Waals surface area contributed by atoms with Crippen LogP contribution >= 0.6 is 0 Å². The minimum atomic E-state index is -0.907. The lowest BCUT2D eigenvalue weighted by molar-refractivity contribution is -0.147. The second-order valence-corrected chi connectivity index (χ2v) is 4.73. The molecule has 0 amide bonds. The number of carbonyl (C=O) groups excluding carboxylic acids is 1. The molecule has 0 aromatic heterocycles. The van der Waals surface area contributed by atoms with Crippen LogP contribution in [0.15, 0.2) is 18.2 Å². The van der Waals surface area contributed by atoms with Crippen molar-refractivity contribution >= 4 is 5.97 Å². The molecule has 1 saturated heterocycles. The third-order valence-corrected chi connectivity index (χ3v) is 3.42. The molecule has 1 unspecified atom stereocenters. The van der Waals surface area contributed by atoms with Crippen LogP contribution in [0.3, 0.4) is 0 Å². The van der Waals surface area contributed by atoms with Crippen molar-refractivity contribution in [1.82, 2.24) is 10.2 Å². The summed E-state index contributed by atoms with van der Waals surface area (Å²) in [6, 6.07) is 2.24. The molecular weight excluding hydrogens is 266 g/mol. The summed E-state index contributed by atoms with van der Waals surface area (Å²) in [5.41, 5.74) is 0.0266. The maximum absolute atomic E-state index is 14.0. The monoisotopic (exact) mass is 284 g/mol. The predicted molar refractivity (Wildman–Crippen MR) is 70.2 cm³/mol. The fourth-order valence-electron chi connectivity index (χ4n) is 2.43. The Morgan fingerprint density at radius 1 is 1.35 bits per heavy atom. The Labute approximate surface area is 116 Å². The number of ether oxygens (including phenoxy) is 1. The van der Waals surface area contributed by atoms with Crippen LogP contribution < -0.4 is 5.32 Å². The van der Waals surface area contributed by atoms with E-state index in [0.29, 0.717) is 19.6 Å². The van der Waals surface area contributed by atoms with Crippen LogP contribution in [0.5, 0.6) is 0 Å². The number of hydrogen-bond donors (Lipinski definition) is 1. The summed E-state index contributed by atoms with van der Waals surface area (Å²) in [5, 5.41) is 3.20. The van der Waals surface area contributed by atoms with Crippen molar-refractivity contribution in [2.75, 3.05) is 33.3 Å². The number of halogens is 2. The summed E-state index contributed by atoms with van der Waals surface area (Å²) in [6.07, 6.45) is 0.838. The summed E-state index contributed by atoms with van der Waals surface area (Å²) in [7, 11) is 1.25. The molecular formula is C14H18F2N2O2. The van der Waals surface area contributed by atoms with Gasteiger partial charge in [0.25, 0.3) is 0 Å². The van der Waals surface area contributed by atoms with Crippen molar-refractivity contribution in [2.45, 2.75) is 12.5 Å². The standard InChI is InChI=1S/C14H18F2N2O2/c1-20-14(19)13(18-7-2-5-17-6-8-18)11-9-10(15)3-4-12(11)16/h3-4,9,13,17H,2,5-8H2,1H3. The normalized spacial score (nSPS) is 18.4. The molecule has 110 valence electrons. The first-order chi connectivity index (χ1) is 9.63. The van der Waals surface area contributed by atoms with E-state index < -0.39 is 23.6 Å². The predicted octanol–water partition coefficient (Wildman–Crippen LogP) is 1.47. The quantitative estimate of drug-likeness (QED) is 0.854. The number of nitrogens with zero attached hydrogens (tertiary/aromatic N) is 1. The number of benzene rings is 1. The SMILES string of the molecule is COC(=O)C(c1cc(F)ccc1F)N1CCCNCC1. The van der Waals surface area contributed by atoms with Gasteiger partial charge >= 0.3 is 5.97 Å². The average molecular weight is 284 g/mol. The van der Waals surface area contributed by atoms with Gasteiger partial charge in [0.1, 0.15) is 17.7 Å². The number of carbonyl (C=O) groups is 1. The molecule has 0 radical (unpaired) electrons. The Kier molecular flexibility index (Phi) is 5.03. The molecule has 1 N–H and O–H groups in total. The first-order valence-electron chi connectivity index (χ1n) is 6.61. The Balaban J connectivity index is 2.35. The molecule has 0 saturated carbocycles. The maximum atomic E-state index is 14.0. The lowest BCUT2D eigenvalue weighted by Gasteiger charge is -2.28. The van der Waals surface area contributed by atoms with E-state index in [1.54, 1.807) is 0 Å². The maximum Gasteiger partial charge on any atom is 0.327 e. The molecule has 1 atom stereocenters. The molecule has 1 aliphatic heterocycles. The van der Waals surface area contributed by atoms with Gasteiger partial charge in [-0.15, -0.1) is 0 Å². The number of methoxy groups -OCH3 is 1. The first kappa shape index (κ1) is 14.9. The van der Waals surface area contributed by atoms with Gasteiger partial charge in [-0.2, -0.15) is 0 Å². The van der Waals surface area contributed by atoms with E-state index in [1.165, 1.54) is 7.11 Å². The largest absolute Gasteiger partial charge is 0.468 e. The molecule has 6 heteroatoms. The molecule has 1 fully saturated rings. The summed E-state index contributed by atoms with van der Waals surface area (Å²) < 4.78 is 32.1. The minimum Gasteiger partial charge on any atom is -0.468 e. The summed E-state index contributed by atoms with van der Waals surface area (Å²) in [4.78, 5) is 13.8.